The Morgan fingerprint density at radius 3 is 2.50 bits per heavy atom. The quantitative estimate of drug-likeness (QED) is 0.506. The summed E-state index contributed by atoms with van der Waals surface area (Å²) in [5.74, 6) is 0. The molecule has 0 bridgehead atoms. The molecule has 0 aliphatic heterocycles. The molecule has 4 rings (SSSR count). The lowest BCUT2D eigenvalue weighted by molar-refractivity contribution is 0.601. The lowest BCUT2D eigenvalue weighted by Gasteiger charge is -2.09. The number of nitrogens with one attached hydrogen (secondary N) is 1. The minimum absolute atomic E-state index is 0.231. The van der Waals surface area contributed by atoms with E-state index in [4.69, 9.17) is 0 Å². The number of benzene rings is 2. The van der Waals surface area contributed by atoms with E-state index in [1.165, 1.54) is 11.3 Å². The molecular weight excluding hydrogens is 390 g/mol. The number of hydrogen-bond acceptors (Lipinski definition) is 5. The fourth-order valence-electron chi connectivity index (χ4n) is 2.69. The van der Waals surface area contributed by atoms with Gasteiger partial charge in [0, 0.05) is 22.8 Å². The predicted molar refractivity (Wildman–Crippen MR) is 113 cm³/mol. The second-order valence-electron chi connectivity index (χ2n) is 6.25. The number of rotatable bonds is 5. The highest BCUT2D eigenvalue weighted by molar-refractivity contribution is 7.92. The molecule has 2 heterocycles. The van der Waals surface area contributed by atoms with Crippen LogP contribution in [0.4, 0.5) is 5.69 Å². The number of pyridine rings is 1. The predicted octanol–water partition coefficient (Wildman–Crippen LogP) is 4.98. The van der Waals surface area contributed by atoms with Crippen LogP contribution >= 0.6 is 11.3 Å². The van der Waals surface area contributed by atoms with Gasteiger partial charge in [-0.05, 0) is 43.3 Å². The zero-order valence-corrected chi connectivity index (χ0v) is 16.7. The minimum atomic E-state index is -3.64. The summed E-state index contributed by atoms with van der Waals surface area (Å²) in [6.07, 6.45) is 1.73. The Morgan fingerprint density at radius 1 is 0.929 bits per heavy atom. The highest BCUT2D eigenvalue weighted by Gasteiger charge is 2.15. The summed E-state index contributed by atoms with van der Waals surface area (Å²) in [6.45, 7) is 1.92. The normalized spacial score (nSPS) is 11.3. The van der Waals surface area contributed by atoms with Crippen molar-refractivity contribution in [2.45, 2.75) is 11.8 Å². The Kier molecular flexibility index (Phi) is 4.93. The van der Waals surface area contributed by atoms with Crippen LogP contribution in [-0.4, -0.2) is 18.4 Å². The molecule has 1 N–H and O–H groups in total. The highest BCUT2D eigenvalue weighted by atomic mass is 32.2. The van der Waals surface area contributed by atoms with Gasteiger partial charge in [0.1, 0.15) is 5.01 Å². The molecule has 0 unspecified atom stereocenters. The topological polar surface area (TPSA) is 72.0 Å². The molecular formula is C21H17N3O2S2. The SMILES string of the molecule is Cc1ccc(S(=O)(=O)Nc2cccc(-c3csc(-c4ccccn4)n3)c2)cc1. The Hall–Kier alpha value is -3.03. The van der Waals surface area contributed by atoms with Crippen LogP contribution in [0, 0.1) is 6.92 Å². The van der Waals surface area contributed by atoms with E-state index in [9.17, 15) is 8.42 Å². The zero-order valence-electron chi connectivity index (χ0n) is 15.0. The van der Waals surface area contributed by atoms with Crippen molar-refractivity contribution in [3.63, 3.8) is 0 Å². The van der Waals surface area contributed by atoms with Crippen molar-refractivity contribution >= 4 is 27.0 Å². The third-order valence-corrected chi connectivity index (χ3v) is 6.39. The van der Waals surface area contributed by atoms with Crippen molar-refractivity contribution in [3.05, 3.63) is 83.9 Å². The van der Waals surface area contributed by atoms with Gasteiger partial charge in [-0.3, -0.25) is 9.71 Å². The highest BCUT2D eigenvalue weighted by Crippen LogP contribution is 2.29. The van der Waals surface area contributed by atoms with Crippen LogP contribution in [0.1, 0.15) is 5.56 Å². The standard InChI is InChI=1S/C21H17N3O2S2/c1-15-8-10-18(11-9-15)28(25,26)24-17-6-4-5-16(13-17)20-14-27-21(23-20)19-7-2-3-12-22-19/h2-14,24H,1H3. The van der Waals surface area contributed by atoms with Crippen LogP contribution in [0.5, 0.6) is 0 Å². The van der Waals surface area contributed by atoms with E-state index >= 15 is 0 Å². The van der Waals surface area contributed by atoms with Gasteiger partial charge in [0.05, 0.1) is 16.3 Å². The summed E-state index contributed by atoms with van der Waals surface area (Å²) in [6, 6.07) is 19.7. The van der Waals surface area contributed by atoms with Gasteiger partial charge in [0.25, 0.3) is 10.0 Å². The van der Waals surface area contributed by atoms with E-state index < -0.39 is 10.0 Å². The first-order valence-electron chi connectivity index (χ1n) is 8.58. The zero-order chi connectivity index (χ0) is 19.6. The van der Waals surface area contributed by atoms with Gasteiger partial charge in [-0.25, -0.2) is 13.4 Å². The second kappa shape index (κ2) is 7.53. The largest absolute Gasteiger partial charge is 0.280 e. The maximum Gasteiger partial charge on any atom is 0.261 e. The number of hydrogen-bond donors (Lipinski definition) is 1. The van der Waals surface area contributed by atoms with E-state index in [0.29, 0.717) is 5.69 Å². The van der Waals surface area contributed by atoms with Crippen molar-refractivity contribution in [1.29, 1.82) is 0 Å². The third-order valence-electron chi connectivity index (χ3n) is 4.13. The molecule has 140 valence electrons. The van der Waals surface area contributed by atoms with Crippen LogP contribution in [0.15, 0.2) is 83.2 Å². The van der Waals surface area contributed by atoms with Crippen molar-refractivity contribution in [2.75, 3.05) is 4.72 Å². The number of sulfonamides is 1. The summed E-state index contributed by atoms with van der Waals surface area (Å²) < 4.78 is 27.9. The molecule has 0 aliphatic rings. The van der Waals surface area contributed by atoms with E-state index in [0.717, 1.165) is 27.5 Å². The molecule has 0 spiro atoms. The Labute approximate surface area is 167 Å². The van der Waals surface area contributed by atoms with Crippen molar-refractivity contribution in [2.24, 2.45) is 0 Å². The maximum atomic E-state index is 12.6. The Morgan fingerprint density at radius 2 is 1.75 bits per heavy atom. The lowest BCUT2D eigenvalue weighted by atomic mass is 10.1. The average Bonchev–Trinajstić information content (AvgIpc) is 3.19. The molecule has 4 aromatic rings. The van der Waals surface area contributed by atoms with Gasteiger partial charge in [-0.15, -0.1) is 11.3 Å². The molecule has 0 atom stereocenters. The molecule has 0 aliphatic carbocycles. The number of nitrogens with zero attached hydrogens (tertiary/aromatic N) is 2. The molecule has 0 amide bonds. The molecule has 2 aromatic carbocycles. The van der Waals surface area contributed by atoms with Gasteiger partial charge in [-0.1, -0.05) is 35.9 Å². The van der Waals surface area contributed by atoms with E-state index in [1.807, 2.05) is 42.6 Å². The van der Waals surface area contributed by atoms with E-state index in [-0.39, 0.29) is 4.90 Å². The summed E-state index contributed by atoms with van der Waals surface area (Å²) in [5, 5.41) is 2.76. The van der Waals surface area contributed by atoms with Crippen molar-refractivity contribution in [1.82, 2.24) is 9.97 Å². The smallest absolute Gasteiger partial charge is 0.261 e. The Balaban J connectivity index is 1.60. The number of aromatic nitrogens is 2. The molecule has 5 nitrogen and oxygen atoms in total. The summed E-state index contributed by atoms with van der Waals surface area (Å²) in [5.41, 5.74) is 3.93. The van der Waals surface area contributed by atoms with Crippen molar-refractivity contribution < 1.29 is 8.42 Å². The van der Waals surface area contributed by atoms with E-state index in [1.54, 1.807) is 42.6 Å². The van der Waals surface area contributed by atoms with Crippen LogP contribution in [0.2, 0.25) is 0 Å². The monoisotopic (exact) mass is 407 g/mol. The third kappa shape index (κ3) is 3.95. The summed E-state index contributed by atoms with van der Waals surface area (Å²) in [4.78, 5) is 9.18. The van der Waals surface area contributed by atoms with Gasteiger partial charge in [-0.2, -0.15) is 0 Å². The van der Waals surface area contributed by atoms with Crippen LogP contribution in [0.25, 0.3) is 22.0 Å². The Bertz CT molecular complexity index is 1200. The van der Waals surface area contributed by atoms with Crippen LogP contribution in [-0.2, 0) is 10.0 Å². The summed E-state index contributed by atoms with van der Waals surface area (Å²) in [7, 11) is -3.64. The van der Waals surface area contributed by atoms with Crippen LogP contribution < -0.4 is 4.72 Å². The van der Waals surface area contributed by atoms with Gasteiger partial charge in [0.2, 0.25) is 0 Å². The molecule has 0 saturated heterocycles. The molecule has 2 aromatic heterocycles. The molecule has 28 heavy (non-hydrogen) atoms. The first-order valence-corrected chi connectivity index (χ1v) is 10.9. The lowest BCUT2D eigenvalue weighted by Crippen LogP contribution is -2.12. The van der Waals surface area contributed by atoms with Gasteiger partial charge >= 0.3 is 0 Å². The number of anilines is 1. The molecule has 7 heteroatoms. The molecule has 0 fully saturated rings. The number of aryl methyl sites for hydroxylation is 1. The number of thiazole rings is 1. The molecule has 0 saturated carbocycles. The first kappa shape index (κ1) is 18.3. The van der Waals surface area contributed by atoms with Gasteiger partial charge < -0.3 is 0 Å². The maximum absolute atomic E-state index is 12.6. The van der Waals surface area contributed by atoms with Crippen LogP contribution in [0.3, 0.4) is 0 Å². The fourth-order valence-corrected chi connectivity index (χ4v) is 4.54. The fraction of sp³-hybridized carbons (Fsp3) is 0.0476. The minimum Gasteiger partial charge on any atom is -0.280 e. The van der Waals surface area contributed by atoms with Gasteiger partial charge in [0.15, 0.2) is 0 Å². The molecule has 0 radical (unpaired) electrons. The average molecular weight is 408 g/mol. The summed E-state index contributed by atoms with van der Waals surface area (Å²) >= 11 is 1.50. The van der Waals surface area contributed by atoms with E-state index in [2.05, 4.69) is 14.7 Å². The van der Waals surface area contributed by atoms with Crippen molar-refractivity contribution in [3.8, 4) is 22.0 Å². The first-order chi connectivity index (χ1) is 13.5. The second-order valence-corrected chi connectivity index (χ2v) is 8.79.